The van der Waals surface area contributed by atoms with Crippen LogP contribution in [-0.2, 0) is 16.1 Å². The molecule has 1 heterocycles. The normalized spacial score (nSPS) is 10.3. The third-order valence-corrected chi connectivity index (χ3v) is 4.85. The third-order valence-electron chi connectivity index (χ3n) is 3.95. The fraction of sp³-hybridized carbons (Fsp3) is 0.200. The fourth-order valence-electron chi connectivity index (χ4n) is 2.56. The molecule has 28 heavy (non-hydrogen) atoms. The second-order valence-electron chi connectivity index (χ2n) is 5.78. The highest BCUT2D eigenvalue weighted by molar-refractivity contribution is 7.99. The molecule has 0 saturated heterocycles. The molecular formula is C20H18N4O3S. The second-order valence-corrected chi connectivity index (χ2v) is 6.73. The number of ether oxygens (including phenoxy) is 2. The summed E-state index contributed by atoms with van der Waals surface area (Å²) in [5.41, 5.74) is 2.02. The van der Waals surface area contributed by atoms with Gasteiger partial charge in [-0.25, -0.2) is 0 Å². The molecule has 0 amide bonds. The van der Waals surface area contributed by atoms with Crippen molar-refractivity contribution in [3.8, 4) is 17.5 Å². The van der Waals surface area contributed by atoms with Gasteiger partial charge in [-0.3, -0.25) is 9.36 Å². The lowest BCUT2D eigenvalue weighted by atomic mass is 10.1. The molecule has 142 valence electrons. The number of nitrogens with zero attached hydrogens (tertiary/aromatic N) is 4. The number of hydrogen-bond donors (Lipinski definition) is 0. The Balaban J connectivity index is 1.65. The Morgan fingerprint density at radius 2 is 2.04 bits per heavy atom. The summed E-state index contributed by atoms with van der Waals surface area (Å²) in [5, 5.41) is 17.9. The van der Waals surface area contributed by atoms with E-state index in [1.54, 1.807) is 31.4 Å². The van der Waals surface area contributed by atoms with Gasteiger partial charge >= 0.3 is 5.97 Å². The minimum Gasteiger partial charge on any atom is -0.497 e. The number of carbonyl (C=O) groups excluding carboxylic acids is 1. The van der Waals surface area contributed by atoms with Crippen molar-refractivity contribution in [2.75, 3.05) is 12.9 Å². The summed E-state index contributed by atoms with van der Waals surface area (Å²) in [6.07, 6.45) is 0. The molecule has 0 aliphatic rings. The number of thioether (sulfide) groups is 1. The topological polar surface area (TPSA) is 90.0 Å². The first kappa shape index (κ1) is 19.5. The molecule has 0 aliphatic heterocycles. The van der Waals surface area contributed by atoms with Gasteiger partial charge in [0.15, 0.2) is 5.16 Å². The molecule has 0 aliphatic carbocycles. The Labute approximate surface area is 166 Å². The van der Waals surface area contributed by atoms with Crippen LogP contribution in [0.2, 0.25) is 0 Å². The predicted molar refractivity (Wildman–Crippen MR) is 104 cm³/mol. The summed E-state index contributed by atoms with van der Waals surface area (Å²) in [4.78, 5) is 12.1. The van der Waals surface area contributed by atoms with E-state index in [4.69, 9.17) is 14.7 Å². The largest absolute Gasteiger partial charge is 0.497 e. The Kier molecular flexibility index (Phi) is 6.29. The third kappa shape index (κ3) is 4.50. The van der Waals surface area contributed by atoms with Crippen LogP contribution >= 0.6 is 11.8 Å². The van der Waals surface area contributed by atoms with E-state index in [1.807, 2.05) is 35.8 Å². The molecule has 0 N–H and O–H groups in total. The molecule has 0 saturated carbocycles. The molecule has 0 unspecified atom stereocenters. The molecule has 3 aromatic rings. The number of aromatic nitrogens is 3. The highest BCUT2D eigenvalue weighted by atomic mass is 32.2. The molecule has 0 spiro atoms. The number of hydrogen-bond acceptors (Lipinski definition) is 7. The molecule has 0 atom stereocenters. The lowest BCUT2D eigenvalue weighted by Gasteiger charge is -2.10. The molecular weight excluding hydrogens is 376 g/mol. The van der Waals surface area contributed by atoms with Gasteiger partial charge in [0, 0.05) is 11.6 Å². The average molecular weight is 394 g/mol. The number of aryl methyl sites for hydroxylation is 1. The number of carbonyl (C=O) groups is 1. The highest BCUT2D eigenvalue weighted by Gasteiger charge is 2.15. The summed E-state index contributed by atoms with van der Waals surface area (Å²) in [5.74, 6) is 1.11. The van der Waals surface area contributed by atoms with E-state index >= 15 is 0 Å². The number of rotatable bonds is 7. The van der Waals surface area contributed by atoms with E-state index in [1.165, 1.54) is 11.8 Å². The zero-order valence-electron chi connectivity index (χ0n) is 15.5. The van der Waals surface area contributed by atoms with Gasteiger partial charge in [0.05, 0.1) is 30.2 Å². The lowest BCUT2D eigenvalue weighted by Crippen LogP contribution is -2.09. The van der Waals surface area contributed by atoms with Gasteiger partial charge in [0.25, 0.3) is 0 Å². The molecule has 0 fully saturated rings. The first-order valence-electron chi connectivity index (χ1n) is 8.45. The maximum absolute atomic E-state index is 12.1. The maximum atomic E-state index is 12.1. The SMILES string of the molecule is COc1cccc(-n2c(C)nnc2SCC(=O)OCc2ccccc2C#N)c1. The van der Waals surface area contributed by atoms with Crippen LogP contribution in [0, 0.1) is 18.3 Å². The summed E-state index contributed by atoms with van der Waals surface area (Å²) < 4.78 is 12.4. The van der Waals surface area contributed by atoms with E-state index in [-0.39, 0.29) is 12.4 Å². The monoisotopic (exact) mass is 394 g/mol. The molecule has 0 bridgehead atoms. The minimum absolute atomic E-state index is 0.0602. The van der Waals surface area contributed by atoms with Gasteiger partial charge in [-0.05, 0) is 25.1 Å². The van der Waals surface area contributed by atoms with Crippen molar-refractivity contribution < 1.29 is 14.3 Å². The van der Waals surface area contributed by atoms with Gasteiger partial charge in [-0.2, -0.15) is 5.26 Å². The van der Waals surface area contributed by atoms with Crippen LogP contribution in [0.15, 0.2) is 53.7 Å². The first-order valence-corrected chi connectivity index (χ1v) is 9.44. The van der Waals surface area contributed by atoms with Crippen LogP contribution < -0.4 is 4.74 Å². The van der Waals surface area contributed by atoms with Gasteiger partial charge in [0.1, 0.15) is 18.2 Å². The van der Waals surface area contributed by atoms with Crippen LogP contribution in [0.3, 0.4) is 0 Å². The number of methoxy groups -OCH3 is 1. The summed E-state index contributed by atoms with van der Waals surface area (Å²) in [6, 6.07) is 16.6. The van der Waals surface area contributed by atoms with Crippen molar-refractivity contribution in [3.05, 3.63) is 65.5 Å². The van der Waals surface area contributed by atoms with Gasteiger partial charge in [-0.15, -0.1) is 10.2 Å². The van der Waals surface area contributed by atoms with Crippen LogP contribution in [0.1, 0.15) is 17.0 Å². The smallest absolute Gasteiger partial charge is 0.316 e. The average Bonchev–Trinajstić information content (AvgIpc) is 3.11. The van der Waals surface area contributed by atoms with Crippen LogP contribution in [0.4, 0.5) is 0 Å². The van der Waals surface area contributed by atoms with E-state index in [0.29, 0.717) is 22.1 Å². The zero-order chi connectivity index (χ0) is 19.9. The van der Waals surface area contributed by atoms with Crippen LogP contribution in [0.25, 0.3) is 5.69 Å². The molecule has 1 aromatic heterocycles. The highest BCUT2D eigenvalue weighted by Crippen LogP contribution is 2.24. The van der Waals surface area contributed by atoms with Crippen molar-refractivity contribution in [1.82, 2.24) is 14.8 Å². The Bertz CT molecular complexity index is 1030. The minimum atomic E-state index is -0.393. The molecule has 2 aromatic carbocycles. The predicted octanol–water partition coefficient (Wildman–Crippen LogP) is 3.29. The second kappa shape index (κ2) is 9.06. The summed E-state index contributed by atoms with van der Waals surface area (Å²) >= 11 is 1.24. The van der Waals surface area contributed by atoms with E-state index < -0.39 is 5.97 Å². The van der Waals surface area contributed by atoms with Crippen molar-refractivity contribution in [2.45, 2.75) is 18.7 Å². The Morgan fingerprint density at radius 3 is 2.82 bits per heavy atom. The first-order chi connectivity index (χ1) is 13.6. The van der Waals surface area contributed by atoms with Crippen LogP contribution in [0.5, 0.6) is 5.75 Å². The summed E-state index contributed by atoms with van der Waals surface area (Å²) in [7, 11) is 1.61. The van der Waals surface area contributed by atoms with E-state index in [9.17, 15) is 4.79 Å². The summed E-state index contributed by atoms with van der Waals surface area (Å²) in [6.45, 7) is 1.90. The van der Waals surface area contributed by atoms with Crippen molar-refractivity contribution in [2.24, 2.45) is 0 Å². The number of nitriles is 1. The van der Waals surface area contributed by atoms with E-state index in [0.717, 1.165) is 11.4 Å². The van der Waals surface area contributed by atoms with Gasteiger partial charge in [0.2, 0.25) is 0 Å². The molecule has 0 radical (unpaired) electrons. The van der Waals surface area contributed by atoms with Crippen molar-refractivity contribution in [3.63, 3.8) is 0 Å². The number of benzene rings is 2. The van der Waals surface area contributed by atoms with E-state index in [2.05, 4.69) is 16.3 Å². The standard InChI is InChI=1S/C20H18N4O3S/c1-14-22-23-20(24(14)17-8-5-9-18(10-17)26-2)28-13-19(25)27-12-16-7-4-3-6-15(16)11-21/h3-10H,12-13H2,1-2H3. The Hall–Kier alpha value is -3.31. The molecule has 3 rings (SSSR count). The number of esters is 1. The Morgan fingerprint density at radius 1 is 1.21 bits per heavy atom. The van der Waals surface area contributed by atoms with Crippen molar-refractivity contribution in [1.29, 1.82) is 5.26 Å². The molecule has 7 nitrogen and oxygen atoms in total. The lowest BCUT2D eigenvalue weighted by molar-refractivity contribution is -0.141. The molecule has 8 heteroatoms. The quantitative estimate of drug-likeness (QED) is 0.449. The van der Waals surface area contributed by atoms with Gasteiger partial charge < -0.3 is 9.47 Å². The van der Waals surface area contributed by atoms with Crippen molar-refractivity contribution >= 4 is 17.7 Å². The fourth-order valence-corrected chi connectivity index (χ4v) is 3.36. The maximum Gasteiger partial charge on any atom is 0.316 e. The zero-order valence-corrected chi connectivity index (χ0v) is 16.3. The van der Waals surface area contributed by atoms with Gasteiger partial charge in [-0.1, -0.05) is 36.0 Å². The van der Waals surface area contributed by atoms with Crippen LogP contribution in [-0.4, -0.2) is 33.6 Å².